The Bertz CT molecular complexity index is 834. The molecule has 3 nitrogen and oxygen atoms in total. The monoisotopic (exact) mass is 510 g/mol. The fourth-order valence-electron chi connectivity index (χ4n) is 2.03. The lowest BCUT2D eigenvalue weighted by Gasteiger charge is -2.13. The number of aromatic nitrogens is 1. The molecule has 0 radical (unpaired) electrons. The van der Waals surface area contributed by atoms with Crippen molar-refractivity contribution in [1.29, 1.82) is 0 Å². The van der Waals surface area contributed by atoms with E-state index in [0.29, 0.717) is 20.9 Å². The van der Waals surface area contributed by atoms with Crippen LogP contribution in [0.3, 0.4) is 0 Å². The third-order valence-corrected chi connectivity index (χ3v) is 4.19. The van der Waals surface area contributed by atoms with Crippen LogP contribution < -0.4 is 5.32 Å². The van der Waals surface area contributed by atoms with Crippen LogP contribution in [0.1, 0.15) is 11.4 Å². The van der Waals surface area contributed by atoms with E-state index in [1.165, 1.54) is 0 Å². The fourth-order valence-corrected chi connectivity index (χ4v) is 2.73. The first-order valence-electron chi connectivity index (χ1n) is 6.65. The molecular weight excluding hydrogens is 500 g/mol. The molecule has 1 N–H and O–H groups in total. The molecule has 2 rings (SSSR count). The van der Waals surface area contributed by atoms with Crippen LogP contribution in [-0.2, 0) is 0 Å². The Balaban J connectivity index is 2.53. The summed E-state index contributed by atoms with van der Waals surface area (Å²) in [6, 6.07) is 6.64. The molecule has 1 amide bonds. The summed E-state index contributed by atoms with van der Waals surface area (Å²) >= 11 is 4.94. The van der Waals surface area contributed by atoms with Crippen LogP contribution in [0.2, 0.25) is 0 Å². The molecule has 2 aromatic rings. The van der Waals surface area contributed by atoms with Gasteiger partial charge in [0.2, 0.25) is 0 Å². The number of hydrogen-bond donors (Lipinski definition) is 1. The molecule has 1 aromatic carbocycles. The SMILES string of the molecule is C=C(c1nc(/C=C/CNC(=O)I)cc2c(Br)cccc12)C(F)(F)F. The van der Waals surface area contributed by atoms with Gasteiger partial charge < -0.3 is 5.32 Å². The fraction of sp³-hybridized carbons (Fsp3) is 0.125. The van der Waals surface area contributed by atoms with Crippen molar-refractivity contribution in [2.75, 3.05) is 6.54 Å². The number of amides is 1. The number of carbonyl (C=O) groups is 1. The predicted octanol–water partition coefficient (Wildman–Crippen LogP) is 5.73. The van der Waals surface area contributed by atoms with Crippen molar-refractivity contribution < 1.29 is 18.0 Å². The highest BCUT2D eigenvalue weighted by molar-refractivity contribution is 14.1. The first kappa shape index (κ1) is 18.9. The minimum Gasteiger partial charge on any atom is -0.344 e. The number of carbonyl (C=O) groups excluding carboxylic acids is 1. The Kier molecular flexibility index (Phi) is 6.02. The van der Waals surface area contributed by atoms with Gasteiger partial charge in [-0.2, -0.15) is 13.2 Å². The lowest BCUT2D eigenvalue weighted by molar-refractivity contribution is -0.0688. The third-order valence-electron chi connectivity index (χ3n) is 3.12. The summed E-state index contributed by atoms with van der Waals surface area (Å²) in [6.45, 7) is 3.41. The minimum absolute atomic E-state index is 0.209. The molecule has 24 heavy (non-hydrogen) atoms. The number of alkyl halides is 3. The van der Waals surface area contributed by atoms with Crippen molar-refractivity contribution in [3.63, 3.8) is 0 Å². The summed E-state index contributed by atoms with van der Waals surface area (Å²) in [7, 11) is 0. The second-order valence-corrected chi connectivity index (χ2v) is 6.60. The van der Waals surface area contributed by atoms with Crippen LogP contribution in [0.25, 0.3) is 22.4 Å². The van der Waals surface area contributed by atoms with Crippen molar-refractivity contribution in [2.24, 2.45) is 0 Å². The largest absolute Gasteiger partial charge is 0.417 e. The molecule has 0 aliphatic rings. The van der Waals surface area contributed by atoms with Gasteiger partial charge in [0.05, 0.1) is 17.0 Å². The van der Waals surface area contributed by atoms with E-state index in [0.717, 1.165) is 0 Å². The molecule has 126 valence electrons. The van der Waals surface area contributed by atoms with Crippen molar-refractivity contribution in [3.8, 4) is 0 Å². The van der Waals surface area contributed by atoms with Gasteiger partial charge in [0.1, 0.15) is 0 Å². The summed E-state index contributed by atoms with van der Waals surface area (Å²) in [4.78, 5) is 14.9. The van der Waals surface area contributed by atoms with Gasteiger partial charge in [-0.3, -0.25) is 4.79 Å². The summed E-state index contributed by atoms with van der Waals surface area (Å²) in [5.74, 6) is 0. The first-order valence-corrected chi connectivity index (χ1v) is 8.53. The molecule has 0 spiro atoms. The van der Waals surface area contributed by atoms with Crippen molar-refractivity contribution in [3.05, 3.63) is 52.8 Å². The van der Waals surface area contributed by atoms with E-state index in [9.17, 15) is 18.0 Å². The van der Waals surface area contributed by atoms with Gasteiger partial charge >= 0.3 is 6.18 Å². The van der Waals surface area contributed by atoms with Crippen molar-refractivity contribution >= 4 is 64.9 Å². The number of rotatable bonds is 4. The Hall–Kier alpha value is -1.42. The van der Waals surface area contributed by atoms with E-state index in [4.69, 9.17) is 0 Å². The molecule has 0 bridgehead atoms. The number of benzene rings is 1. The number of pyridine rings is 1. The molecule has 0 saturated carbocycles. The van der Waals surface area contributed by atoms with Crippen LogP contribution in [0.15, 0.2) is 41.4 Å². The van der Waals surface area contributed by atoms with Crippen molar-refractivity contribution in [1.82, 2.24) is 10.3 Å². The summed E-state index contributed by atoms with van der Waals surface area (Å²) in [6.07, 6.45) is -1.40. The maximum absolute atomic E-state index is 13.1. The predicted molar refractivity (Wildman–Crippen MR) is 101 cm³/mol. The van der Waals surface area contributed by atoms with Crippen LogP contribution in [0, 0.1) is 0 Å². The van der Waals surface area contributed by atoms with E-state index in [2.05, 4.69) is 32.8 Å². The van der Waals surface area contributed by atoms with E-state index in [-0.39, 0.29) is 16.2 Å². The van der Waals surface area contributed by atoms with Gasteiger partial charge in [0, 0.05) is 44.4 Å². The molecule has 1 aromatic heterocycles. The van der Waals surface area contributed by atoms with Gasteiger partial charge in [-0.1, -0.05) is 40.7 Å². The second-order valence-electron chi connectivity index (χ2n) is 4.76. The molecule has 0 aliphatic carbocycles. The van der Waals surface area contributed by atoms with E-state index in [1.54, 1.807) is 59.0 Å². The second kappa shape index (κ2) is 7.64. The Morgan fingerprint density at radius 2 is 2.08 bits per heavy atom. The lowest BCUT2D eigenvalue weighted by atomic mass is 10.0. The normalized spacial score (nSPS) is 11.9. The maximum atomic E-state index is 13.1. The highest BCUT2D eigenvalue weighted by atomic mass is 127. The number of halogens is 5. The lowest BCUT2D eigenvalue weighted by Crippen LogP contribution is -2.15. The maximum Gasteiger partial charge on any atom is 0.417 e. The molecule has 0 atom stereocenters. The van der Waals surface area contributed by atoms with E-state index >= 15 is 0 Å². The Morgan fingerprint density at radius 3 is 2.71 bits per heavy atom. The number of nitrogens with one attached hydrogen (secondary N) is 1. The van der Waals surface area contributed by atoms with Crippen molar-refractivity contribution in [2.45, 2.75) is 6.18 Å². The molecule has 1 heterocycles. The van der Waals surface area contributed by atoms with Crippen LogP contribution in [-0.4, -0.2) is 21.6 Å². The van der Waals surface area contributed by atoms with Gasteiger partial charge in [-0.05, 0) is 18.2 Å². The minimum atomic E-state index is -4.57. The highest BCUT2D eigenvalue weighted by Gasteiger charge is 2.35. The third kappa shape index (κ3) is 4.56. The average Bonchev–Trinajstić information content (AvgIpc) is 2.50. The van der Waals surface area contributed by atoms with Gasteiger partial charge in [0.25, 0.3) is 3.91 Å². The number of hydrogen-bond acceptors (Lipinski definition) is 2. The van der Waals surface area contributed by atoms with E-state index < -0.39 is 11.7 Å². The smallest absolute Gasteiger partial charge is 0.344 e. The van der Waals surface area contributed by atoms with Crippen LogP contribution >= 0.6 is 38.5 Å². The zero-order valence-corrected chi connectivity index (χ0v) is 15.9. The average molecular weight is 511 g/mol. The van der Waals surface area contributed by atoms with Gasteiger partial charge in [-0.15, -0.1) is 0 Å². The standard InChI is InChI=1S/C16H11BrF3IN2O/c1-9(16(18,19)20)14-11-5-2-6-13(17)12(11)8-10(23-14)4-3-7-22-15(21)24/h2-6,8H,1,7H2,(H,22,24)/b4-3+. The molecular formula is C16H11BrF3IN2O. The van der Waals surface area contributed by atoms with Crippen LogP contribution in [0.4, 0.5) is 18.0 Å². The zero-order valence-electron chi connectivity index (χ0n) is 12.1. The number of nitrogens with zero attached hydrogens (tertiary/aromatic N) is 1. The number of fused-ring (bicyclic) bond motifs is 1. The quantitative estimate of drug-likeness (QED) is 0.324. The Morgan fingerprint density at radius 1 is 1.38 bits per heavy atom. The molecule has 8 heteroatoms. The first-order chi connectivity index (χ1) is 11.2. The number of allylic oxidation sites excluding steroid dienone is 1. The highest BCUT2D eigenvalue weighted by Crippen LogP contribution is 2.36. The summed E-state index contributed by atoms with van der Waals surface area (Å²) in [5, 5.41) is 3.52. The Labute approximate surface area is 158 Å². The topological polar surface area (TPSA) is 42.0 Å². The molecule has 0 saturated heterocycles. The van der Waals surface area contributed by atoms with Gasteiger partial charge in [0.15, 0.2) is 0 Å². The summed E-state index contributed by atoms with van der Waals surface area (Å²) in [5.41, 5.74) is -0.863. The summed E-state index contributed by atoms with van der Waals surface area (Å²) < 4.78 is 39.7. The van der Waals surface area contributed by atoms with E-state index in [1.807, 2.05) is 0 Å². The molecule has 0 fully saturated rings. The zero-order chi connectivity index (χ0) is 17.9. The molecule has 0 unspecified atom stereocenters. The van der Waals surface area contributed by atoms with Crippen LogP contribution in [0.5, 0.6) is 0 Å². The molecule has 0 aliphatic heterocycles. The van der Waals surface area contributed by atoms with Gasteiger partial charge in [-0.25, -0.2) is 4.98 Å².